The summed E-state index contributed by atoms with van der Waals surface area (Å²) < 4.78 is 0. The van der Waals surface area contributed by atoms with Crippen molar-refractivity contribution in [3.8, 4) is 6.07 Å². The fourth-order valence-corrected chi connectivity index (χ4v) is 1.74. The molecule has 1 aromatic carbocycles. The first kappa shape index (κ1) is 13.7. The zero-order valence-corrected chi connectivity index (χ0v) is 10.1. The van der Waals surface area contributed by atoms with E-state index in [-0.39, 0.29) is 0 Å². The molecule has 0 radical (unpaired) electrons. The van der Waals surface area contributed by atoms with Gasteiger partial charge < -0.3 is 10.2 Å². The highest BCUT2D eigenvalue weighted by Gasteiger charge is 2.14. The quantitative estimate of drug-likeness (QED) is 0.790. The molecule has 1 rings (SSSR count). The minimum Gasteiger partial charge on any atom is -0.390 e. The van der Waals surface area contributed by atoms with Gasteiger partial charge in [0, 0.05) is 0 Å². The van der Waals surface area contributed by atoms with E-state index in [4.69, 9.17) is 5.26 Å². The molecule has 92 valence electrons. The minimum atomic E-state index is -0.661. The molecule has 0 amide bonds. The van der Waals surface area contributed by atoms with Gasteiger partial charge in [-0.15, -0.1) is 0 Å². The highest BCUT2D eigenvalue weighted by atomic mass is 16.3. The summed E-state index contributed by atoms with van der Waals surface area (Å²) in [6.45, 7) is 1.98. The molecule has 3 heteroatoms. The van der Waals surface area contributed by atoms with Gasteiger partial charge in [0.25, 0.3) is 0 Å². The van der Waals surface area contributed by atoms with Gasteiger partial charge in [0.05, 0.1) is 23.8 Å². The molecule has 0 aromatic heterocycles. The smallest absolute Gasteiger partial charge is 0.0991 e. The third-order valence-electron chi connectivity index (χ3n) is 2.84. The van der Waals surface area contributed by atoms with E-state index in [1.807, 2.05) is 19.1 Å². The van der Waals surface area contributed by atoms with Crippen molar-refractivity contribution in [2.24, 2.45) is 0 Å². The zero-order valence-electron chi connectivity index (χ0n) is 10.1. The number of benzene rings is 1. The van der Waals surface area contributed by atoms with Gasteiger partial charge >= 0.3 is 0 Å². The number of rotatable bonds is 6. The van der Waals surface area contributed by atoms with E-state index >= 15 is 0 Å². The molecule has 2 unspecified atom stereocenters. The summed E-state index contributed by atoms with van der Waals surface area (Å²) in [5, 5.41) is 27.9. The highest BCUT2D eigenvalue weighted by Crippen LogP contribution is 2.11. The van der Waals surface area contributed by atoms with Crippen LogP contribution in [0.4, 0.5) is 0 Å². The maximum atomic E-state index is 9.71. The Balaban J connectivity index is 2.42. The van der Waals surface area contributed by atoms with Crippen LogP contribution in [0.2, 0.25) is 0 Å². The molecular formula is C14H19NO2. The molecule has 0 saturated carbocycles. The monoisotopic (exact) mass is 233 g/mol. The molecule has 0 aliphatic carbocycles. The van der Waals surface area contributed by atoms with Crippen molar-refractivity contribution in [1.82, 2.24) is 0 Å². The molecule has 17 heavy (non-hydrogen) atoms. The molecule has 2 atom stereocenters. The molecule has 0 heterocycles. The summed E-state index contributed by atoms with van der Waals surface area (Å²) in [4.78, 5) is 0. The van der Waals surface area contributed by atoms with Gasteiger partial charge in [-0.05, 0) is 37.0 Å². The van der Waals surface area contributed by atoms with E-state index in [1.54, 1.807) is 12.1 Å². The topological polar surface area (TPSA) is 64.2 Å². The van der Waals surface area contributed by atoms with Crippen LogP contribution in [0, 0.1) is 11.3 Å². The Bertz CT molecular complexity index is 367. The summed E-state index contributed by atoms with van der Waals surface area (Å²) >= 11 is 0. The van der Waals surface area contributed by atoms with Crippen LogP contribution < -0.4 is 0 Å². The van der Waals surface area contributed by atoms with Crippen LogP contribution in [-0.2, 0) is 6.42 Å². The number of nitrogens with zero attached hydrogens (tertiary/aromatic N) is 1. The minimum absolute atomic E-state index is 0.549. The molecule has 0 aliphatic heterocycles. The van der Waals surface area contributed by atoms with Crippen LogP contribution in [0.3, 0.4) is 0 Å². The number of aliphatic hydroxyl groups excluding tert-OH is 2. The lowest BCUT2D eigenvalue weighted by Gasteiger charge is -2.16. The van der Waals surface area contributed by atoms with Crippen LogP contribution in [0.25, 0.3) is 0 Å². The Morgan fingerprint density at radius 1 is 1.12 bits per heavy atom. The van der Waals surface area contributed by atoms with Crippen molar-refractivity contribution in [3.63, 3.8) is 0 Å². The lowest BCUT2D eigenvalue weighted by Crippen LogP contribution is -2.26. The lowest BCUT2D eigenvalue weighted by atomic mass is 10.0. The number of aryl methyl sites for hydroxylation is 1. The molecule has 1 aromatic rings. The average molecular weight is 233 g/mol. The first-order chi connectivity index (χ1) is 8.17. The molecule has 0 bridgehead atoms. The number of nitriles is 1. The van der Waals surface area contributed by atoms with Crippen LogP contribution >= 0.6 is 0 Å². The number of hydrogen-bond donors (Lipinski definition) is 2. The fraction of sp³-hybridized carbons (Fsp3) is 0.500. The van der Waals surface area contributed by atoms with Gasteiger partial charge in [-0.1, -0.05) is 25.5 Å². The molecule has 0 aliphatic rings. The van der Waals surface area contributed by atoms with Crippen LogP contribution in [0.1, 0.15) is 37.3 Å². The Morgan fingerprint density at radius 3 is 2.24 bits per heavy atom. The van der Waals surface area contributed by atoms with E-state index in [1.165, 1.54) is 0 Å². The van der Waals surface area contributed by atoms with Gasteiger partial charge in [0.1, 0.15) is 0 Å². The predicted octanol–water partition coefficient (Wildman–Crippen LogP) is 2.01. The van der Waals surface area contributed by atoms with Crippen molar-refractivity contribution < 1.29 is 10.2 Å². The maximum Gasteiger partial charge on any atom is 0.0991 e. The van der Waals surface area contributed by atoms with Crippen molar-refractivity contribution in [3.05, 3.63) is 35.4 Å². The first-order valence-electron chi connectivity index (χ1n) is 6.02. The Labute approximate surface area is 102 Å². The maximum absolute atomic E-state index is 9.71. The van der Waals surface area contributed by atoms with E-state index in [2.05, 4.69) is 6.07 Å². The van der Waals surface area contributed by atoms with Crippen LogP contribution in [-0.4, -0.2) is 22.4 Å². The highest BCUT2D eigenvalue weighted by molar-refractivity contribution is 5.31. The van der Waals surface area contributed by atoms with Gasteiger partial charge in [-0.2, -0.15) is 5.26 Å². The van der Waals surface area contributed by atoms with Gasteiger partial charge in [-0.3, -0.25) is 0 Å². The Morgan fingerprint density at radius 2 is 1.71 bits per heavy atom. The van der Waals surface area contributed by atoms with Crippen molar-refractivity contribution in [2.75, 3.05) is 0 Å². The third kappa shape index (κ3) is 4.56. The second-order valence-electron chi connectivity index (χ2n) is 4.27. The molecule has 0 spiro atoms. The fourth-order valence-electron chi connectivity index (χ4n) is 1.74. The Hall–Kier alpha value is -1.37. The lowest BCUT2D eigenvalue weighted by molar-refractivity contribution is 0.00981. The average Bonchev–Trinajstić information content (AvgIpc) is 2.36. The summed E-state index contributed by atoms with van der Waals surface area (Å²) in [6, 6.07) is 9.37. The summed E-state index contributed by atoms with van der Waals surface area (Å²) in [5.74, 6) is 0. The SMILES string of the molecule is CCCC(O)C(O)CCc1ccc(C#N)cc1. The molecule has 0 saturated heterocycles. The van der Waals surface area contributed by atoms with Crippen molar-refractivity contribution in [1.29, 1.82) is 5.26 Å². The van der Waals surface area contributed by atoms with Crippen molar-refractivity contribution >= 4 is 0 Å². The second kappa shape index (κ2) is 7.05. The van der Waals surface area contributed by atoms with Crippen molar-refractivity contribution in [2.45, 2.75) is 44.8 Å². The van der Waals surface area contributed by atoms with E-state index in [0.29, 0.717) is 24.8 Å². The van der Waals surface area contributed by atoms with E-state index < -0.39 is 12.2 Å². The van der Waals surface area contributed by atoms with Crippen LogP contribution in [0.5, 0.6) is 0 Å². The third-order valence-corrected chi connectivity index (χ3v) is 2.84. The first-order valence-corrected chi connectivity index (χ1v) is 6.02. The normalized spacial score (nSPS) is 14.0. The van der Waals surface area contributed by atoms with Gasteiger partial charge in [-0.25, -0.2) is 0 Å². The predicted molar refractivity (Wildman–Crippen MR) is 66.4 cm³/mol. The standard InChI is InChI=1S/C14H19NO2/c1-2-3-13(16)14(17)9-8-11-4-6-12(10-15)7-5-11/h4-7,13-14,16-17H,2-3,8-9H2,1H3. The number of aliphatic hydroxyl groups is 2. The zero-order chi connectivity index (χ0) is 12.7. The van der Waals surface area contributed by atoms with E-state index in [0.717, 1.165) is 12.0 Å². The molecule has 0 fully saturated rings. The van der Waals surface area contributed by atoms with Gasteiger partial charge in [0.15, 0.2) is 0 Å². The number of hydrogen-bond acceptors (Lipinski definition) is 3. The molecular weight excluding hydrogens is 214 g/mol. The summed E-state index contributed by atoms with van der Waals surface area (Å²) in [7, 11) is 0. The molecule has 2 N–H and O–H groups in total. The largest absolute Gasteiger partial charge is 0.390 e. The van der Waals surface area contributed by atoms with Crippen LogP contribution in [0.15, 0.2) is 24.3 Å². The Kier molecular flexibility index (Phi) is 5.68. The summed E-state index contributed by atoms with van der Waals surface area (Å²) in [5.41, 5.74) is 1.71. The second-order valence-corrected chi connectivity index (χ2v) is 4.27. The van der Waals surface area contributed by atoms with E-state index in [9.17, 15) is 10.2 Å². The van der Waals surface area contributed by atoms with Gasteiger partial charge in [0.2, 0.25) is 0 Å². The summed E-state index contributed by atoms with van der Waals surface area (Å²) in [6.07, 6.45) is 1.48. The molecule has 3 nitrogen and oxygen atoms in total.